The van der Waals surface area contributed by atoms with Gasteiger partial charge in [0.15, 0.2) is 16.7 Å². The van der Waals surface area contributed by atoms with Gasteiger partial charge >= 0.3 is 0 Å². The summed E-state index contributed by atoms with van der Waals surface area (Å²) in [5.74, 6) is 0.629. The van der Waals surface area contributed by atoms with Crippen molar-refractivity contribution in [3.8, 4) is 11.5 Å². The lowest BCUT2D eigenvalue weighted by molar-refractivity contribution is -0.142. The summed E-state index contributed by atoms with van der Waals surface area (Å²) in [7, 11) is 0. The fourth-order valence-corrected chi connectivity index (χ4v) is 4.95. The van der Waals surface area contributed by atoms with Crippen molar-refractivity contribution in [2.45, 2.75) is 31.5 Å². The maximum atomic E-state index is 13.1. The van der Waals surface area contributed by atoms with Crippen LogP contribution < -0.4 is 20.1 Å². The van der Waals surface area contributed by atoms with Crippen molar-refractivity contribution in [2.75, 3.05) is 31.0 Å². The van der Waals surface area contributed by atoms with Crippen molar-refractivity contribution in [1.29, 1.82) is 0 Å². The average Bonchev–Trinajstić information content (AvgIpc) is 3.45. The standard InChI is InChI=1S/C22H23N7O5S/c1-12-7-13(2)29-21(24-12)26-27-22(29)35-10-19(31)28-6-5-23-20(32)15(28)9-18(30)25-14-3-4-16-17(8-14)34-11-33-16/h3-4,7-8,15H,5-6,9-11H2,1-2H3,(H,23,32)(H,25,30)/t15-/m0/s1. The summed E-state index contributed by atoms with van der Waals surface area (Å²) in [6, 6.07) is 6.04. The lowest BCUT2D eigenvalue weighted by Gasteiger charge is -2.34. The Hall–Kier alpha value is -3.87. The molecule has 2 aliphatic heterocycles. The minimum absolute atomic E-state index is 0.0433. The van der Waals surface area contributed by atoms with Crippen LogP contribution in [0.2, 0.25) is 0 Å². The van der Waals surface area contributed by atoms with Crippen LogP contribution in [0.1, 0.15) is 17.8 Å². The lowest BCUT2D eigenvalue weighted by atomic mass is 10.1. The van der Waals surface area contributed by atoms with Gasteiger partial charge in [0.2, 0.25) is 24.5 Å². The second-order valence-electron chi connectivity index (χ2n) is 8.16. The number of nitrogens with zero attached hydrogens (tertiary/aromatic N) is 5. The van der Waals surface area contributed by atoms with E-state index < -0.39 is 11.9 Å². The average molecular weight is 498 g/mol. The number of fused-ring (bicyclic) bond motifs is 2. The van der Waals surface area contributed by atoms with Crippen molar-refractivity contribution >= 4 is 40.9 Å². The molecule has 0 spiro atoms. The minimum atomic E-state index is -0.910. The Morgan fingerprint density at radius 3 is 2.89 bits per heavy atom. The van der Waals surface area contributed by atoms with E-state index >= 15 is 0 Å². The van der Waals surface area contributed by atoms with E-state index in [4.69, 9.17) is 9.47 Å². The van der Waals surface area contributed by atoms with Crippen molar-refractivity contribution < 1.29 is 23.9 Å². The smallest absolute Gasteiger partial charge is 0.256 e. The highest BCUT2D eigenvalue weighted by Gasteiger charge is 2.35. The Morgan fingerprint density at radius 2 is 2.03 bits per heavy atom. The summed E-state index contributed by atoms with van der Waals surface area (Å²) in [5.41, 5.74) is 2.25. The summed E-state index contributed by atoms with van der Waals surface area (Å²) >= 11 is 1.21. The van der Waals surface area contributed by atoms with Crippen LogP contribution in [0.3, 0.4) is 0 Å². The molecule has 3 aromatic rings. The summed E-state index contributed by atoms with van der Waals surface area (Å²) in [6.45, 7) is 4.56. The van der Waals surface area contributed by atoms with Crippen LogP contribution in [0.5, 0.6) is 11.5 Å². The molecule has 5 rings (SSSR count). The quantitative estimate of drug-likeness (QED) is 0.476. The van der Waals surface area contributed by atoms with Gasteiger partial charge in [0.25, 0.3) is 5.78 Å². The van der Waals surface area contributed by atoms with Crippen LogP contribution in [0, 0.1) is 13.8 Å². The van der Waals surface area contributed by atoms with Gasteiger partial charge in [-0.15, -0.1) is 10.2 Å². The second-order valence-corrected chi connectivity index (χ2v) is 9.10. The Balaban J connectivity index is 1.24. The molecule has 0 radical (unpaired) electrons. The Morgan fingerprint density at radius 1 is 1.20 bits per heavy atom. The molecule has 13 heteroatoms. The maximum absolute atomic E-state index is 13.1. The van der Waals surface area contributed by atoms with Gasteiger partial charge in [-0.25, -0.2) is 4.98 Å². The number of hydrogen-bond donors (Lipinski definition) is 2. The van der Waals surface area contributed by atoms with Gasteiger partial charge in [0.05, 0.1) is 12.2 Å². The number of aryl methyl sites for hydroxylation is 2. The molecule has 3 amide bonds. The molecular weight excluding hydrogens is 474 g/mol. The highest BCUT2D eigenvalue weighted by Crippen LogP contribution is 2.34. The zero-order chi connectivity index (χ0) is 24.5. The summed E-state index contributed by atoms with van der Waals surface area (Å²) < 4.78 is 12.4. The number of amides is 3. The van der Waals surface area contributed by atoms with E-state index in [1.165, 1.54) is 16.7 Å². The SMILES string of the molecule is Cc1cc(C)n2c(SCC(=O)N3CCNC(=O)[C@@H]3CC(=O)Nc3ccc4c(c3)OCO4)nnc2n1. The topological polar surface area (TPSA) is 140 Å². The van der Waals surface area contributed by atoms with Gasteiger partial charge in [0.1, 0.15) is 6.04 Å². The largest absolute Gasteiger partial charge is 0.454 e. The van der Waals surface area contributed by atoms with Crippen LogP contribution in [0.4, 0.5) is 5.69 Å². The van der Waals surface area contributed by atoms with E-state index in [0.717, 1.165) is 11.4 Å². The minimum Gasteiger partial charge on any atom is -0.454 e. The third kappa shape index (κ3) is 4.71. The maximum Gasteiger partial charge on any atom is 0.256 e. The number of rotatable bonds is 6. The third-order valence-electron chi connectivity index (χ3n) is 5.67. The van der Waals surface area contributed by atoms with Gasteiger partial charge in [0, 0.05) is 36.2 Å². The molecule has 4 heterocycles. The Labute approximate surface area is 204 Å². The van der Waals surface area contributed by atoms with E-state index in [-0.39, 0.29) is 30.8 Å². The molecule has 0 bridgehead atoms. The first kappa shape index (κ1) is 22.9. The van der Waals surface area contributed by atoms with Gasteiger partial charge in [-0.05, 0) is 32.0 Å². The van der Waals surface area contributed by atoms with Crippen LogP contribution in [0.15, 0.2) is 29.4 Å². The zero-order valence-electron chi connectivity index (χ0n) is 19.1. The molecule has 12 nitrogen and oxygen atoms in total. The number of aromatic nitrogens is 4. The summed E-state index contributed by atoms with van der Waals surface area (Å²) in [5, 5.41) is 14.3. The summed E-state index contributed by atoms with van der Waals surface area (Å²) in [4.78, 5) is 44.2. The first-order valence-corrected chi connectivity index (χ1v) is 12.0. The van der Waals surface area contributed by atoms with E-state index in [2.05, 4.69) is 25.8 Å². The molecular formula is C22H23N7O5S. The first-order chi connectivity index (χ1) is 16.9. The van der Waals surface area contributed by atoms with Gasteiger partial charge in [-0.1, -0.05) is 11.8 Å². The highest BCUT2D eigenvalue weighted by molar-refractivity contribution is 7.99. The second kappa shape index (κ2) is 9.41. The van der Waals surface area contributed by atoms with E-state index in [9.17, 15) is 14.4 Å². The predicted octanol–water partition coefficient (Wildman–Crippen LogP) is 0.918. The van der Waals surface area contributed by atoms with Crippen LogP contribution >= 0.6 is 11.8 Å². The molecule has 1 fully saturated rings. The van der Waals surface area contributed by atoms with Crippen molar-refractivity contribution in [1.82, 2.24) is 29.8 Å². The van der Waals surface area contributed by atoms with E-state index in [1.807, 2.05) is 19.9 Å². The molecule has 1 atom stereocenters. The lowest BCUT2D eigenvalue weighted by Crippen LogP contribution is -2.58. The monoisotopic (exact) mass is 497 g/mol. The van der Waals surface area contributed by atoms with Gasteiger partial charge < -0.3 is 25.0 Å². The fraction of sp³-hybridized carbons (Fsp3) is 0.364. The molecule has 0 unspecified atom stereocenters. The zero-order valence-corrected chi connectivity index (χ0v) is 19.9. The first-order valence-electron chi connectivity index (χ1n) is 11.0. The molecule has 1 aromatic carbocycles. The molecule has 1 saturated heterocycles. The summed E-state index contributed by atoms with van der Waals surface area (Å²) in [6.07, 6.45) is -0.174. The van der Waals surface area contributed by atoms with Gasteiger partial charge in [-0.2, -0.15) is 0 Å². The van der Waals surface area contributed by atoms with Crippen molar-refractivity contribution in [3.05, 3.63) is 35.7 Å². The van der Waals surface area contributed by atoms with Crippen molar-refractivity contribution in [2.24, 2.45) is 0 Å². The van der Waals surface area contributed by atoms with Crippen LogP contribution in [0.25, 0.3) is 5.78 Å². The molecule has 0 aliphatic carbocycles. The molecule has 2 N–H and O–H groups in total. The Bertz CT molecular complexity index is 1330. The van der Waals surface area contributed by atoms with Crippen LogP contribution in [-0.4, -0.2) is 73.9 Å². The molecule has 35 heavy (non-hydrogen) atoms. The highest BCUT2D eigenvalue weighted by atomic mass is 32.2. The number of benzene rings is 1. The number of thioether (sulfide) groups is 1. The van der Waals surface area contributed by atoms with Gasteiger partial charge in [-0.3, -0.25) is 18.8 Å². The molecule has 2 aliphatic rings. The number of hydrogen-bond acceptors (Lipinski definition) is 9. The third-order valence-corrected chi connectivity index (χ3v) is 6.59. The molecule has 0 saturated carbocycles. The van der Waals surface area contributed by atoms with E-state index in [1.54, 1.807) is 22.6 Å². The predicted molar refractivity (Wildman–Crippen MR) is 125 cm³/mol. The number of anilines is 1. The van der Waals surface area contributed by atoms with E-state index in [0.29, 0.717) is 41.2 Å². The number of carbonyl (C=O) groups is 3. The molecule has 182 valence electrons. The number of carbonyl (C=O) groups excluding carboxylic acids is 3. The number of ether oxygens (including phenoxy) is 2. The number of nitrogens with one attached hydrogen (secondary N) is 2. The fourth-order valence-electron chi connectivity index (χ4n) is 4.08. The van der Waals surface area contributed by atoms with Crippen molar-refractivity contribution in [3.63, 3.8) is 0 Å². The van der Waals surface area contributed by atoms with Crippen LogP contribution in [-0.2, 0) is 14.4 Å². The normalized spacial score (nSPS) is 16.9. The molecule has 2 aromatic heterocycles. The Kier molecular flexibility index (Phi) is 6.16. The number of piperazine rings is 1.